The molecule has 0 saturated carbocycles. The molecule has 0 heterocycles. The van der Waals surface area contributed by atoms with Gasteiger partial charge in [-0.2, -0.15) is 0 Å². The van der Waals surface area contributed by atoms with Crippen molar-refractivity contribution in [2.24, 2.45) is 0 Å². The second kappa shape index (κ2) is 8.45. The molecule has 3 rings (SSSR count). The first-order chi connectivity index (χ1) is 13.5. The van der Waals surface area contributed by atoms with Crippen molar-refractivity contribution in [1.82, 2.24) is 0 Å². The number of ketones is 1. The third-order valence-electron chi connectivity index (χ3n) is 4.54. The Morgan fingerprint density at radius 3 is 2.14 bits per heavy atom. The molecular weight excluding hydrogens is 348 g/mol. The Hall–Kier alpha value is -3.51. The average molecular weight is 370 g/mol. The summed E-state index contributed by atoms with van der Waals surface area (Å²) in [5.74, 6) is 6.93. The maximum Gasteiger partial charge on any atom is 0.237 e. The number of Topliss-reactive ketones (excluding diaryl/α,β-unsaturated/α-hetero) is 1. The number of carbonyl (C=O) groups is 1. The zero-order chi connectivity index (χ0) is 20.1. The molecule has 3 aromatic carbocycles. The van der Waals surface area contributed by atoms with Gasteiger partial charge in [0.2, 0.25) is 5.78 Å². The van der Waals surface area contributed by atoms with Crippen LogP contribution in [0.1, 0.15) is 27.0 Å². The van der Waals surface area contributed by atoms with Crippen molar-refractivity contribution >= 4 is 5.78 Å². The summed E-state index contributed by atoms with van der Waals surface area (Å²) >= 11 is 0. The number of ether oxygens (including phenoxy) is 2. The van der Waals surface area contributed by atoms with Crippen LogP contribution in [-0.2, 0) is 0 Å². The Morgan fingerprint density at radius 1 is 0.857 bits per heavy atom. The van der Waals surface area contributed by atoms with Gasteiger partial charge in [0.1, 0.15) is 11.5 Å². The van der Waals surface area contributed by atoms with Crippen LogP contribution in [0.4, 0.5) is 0 Å². The van der Waals surface area contributed by atoms with Crippen molar-refractivity contribution in [3.63, 3.8) is 0 Å². The van der Waals surface area contributed by atoms with E-state index in [0.29, 0.717) is 11.3 Å². The van der Waals surface area contributed by atoms with Gasteiger partial charge in [-0.3, -0.25) is 4.79 Å². The van der Waals surface area contributed by atoms with Crippen molar-refractivity contribution in [2.45, 2.75) is 13.8 Å². The number of hydrogen-bond donors (Lipinski definition) is 0. The summed E-state index contributed by atoms with van der Waals surface area (Å²) in [5.41, 5.74) is 5.12. The lowest BCUT2D eigenvalue weighted by Gasteiger charge is -2.14. The summed E-state index contributed by atoms with van der Waals surface area (Å²) in [6.07, 6.45) is 0. The third-order valence-corrected chi connectivity index (χ3v) is 4.54. The lowest BCUT2D eigenvalue weighted by molar-refractivity contribution is 0.105. The SMILES string of the molecule is COc1ccc(-c2cc(C)c(OC)c(C)c2)c(C(=O)C#Cc2ccccc2)c1. The molecule has 0 aliphatic carbocycles. The van der Waals surface area contributed by atoms with Crippen LogP contribution in [0.5, 0.6) is 11.5 Å². The van der Waals surface area contributed by atoms with Crippen molar-refractivity contribution in [3.8, 4) is 34.5 Å². The molecule has 3 aromatic rings. The number of benzene rings is 3. The Labute approximate surface area is 165 Å². The normalized spacial score (nSPS) is 10.0. The quantitative estimate of drug-likeness (QED) is 0.466. The topological polar surface area (TPSA) is 35.5 Å². The van der Waals surface area contributed by atoms with Crippen molar-refractivity contribution in [3.05, 3.63) is 82.9 Å². The molecule has 140 valence electrons. The zero-order valence-electron chi connectivity index (χ0n) is 16.5. The number of methoxy groups -OCH3 is 2. The largest absolute Gasteiger partial charge is 0.497 e. The molecule has 0 unspecified atom stereocenters. The maximum absolute atomic E-state index is 12.9. The number of hydrogen-bond acceptors (Lipinski definition) is 3. The van der Waals surface area contributed by atoms with E-state index >= 15 is 0 Å². The molecule has 0 spiro atoms. The molecule has 0 radical (unpaired) electrons. The standard InChI is InChI=1S/C25H22O3/c1-17-14-20(15-18(2)25(17)28-4)22-12-11-21(27-3)16-23(22)24(26)13-10-19-8-6-5-7-9-19/h5-9,11-12,14-16H,1-4H3. The lowest BCUT2D eigenvalue weighted by Crippen LogP contribution is -2.01. The first kappa shape index (κ1) is 19.3. The molecule has 0 fully saturated rings. The van der Waals surface area contributed by atoms with Crippen LogP contribution in [0, 0.1) is 25.7 Å². The molecule has 3 nitrogen and oxygen atoms in total. The van der Waals surface area contributed by atoms with Crippen LogP contribution in [0.3, 0.4) is 0 Å². The van der Waals surface area contributed by atoms with Gasteiger partial charge in [-0.1, -0.05) is 24.1 Å². The molecule has 0 N–H and O–H groups in total. The monoisotopic (exact) mass is 370 g/mol. The number of aryl methyl sites for hydroxylation is 2. The molecule has 0 bridgehead atoms. The fourth-order valence-corrected chi connectivity index (χ4v) is 3.24. The van der Waals surface area contributed by atoms with Crippen molar-refractivity contribution in [2.75, 3.05) is 14.2 Å². The van der Waals surface area contributed by atoms with E-state index in [9.17, 15) is 4.79 Å². The highest BCUT2D eigenvalue weighted by molar-refractivity contribution is 6.13. The summed E-state index contributed by atoms with van der Waals surface area (Å²) in [6.45, 7) is 3.99. The van der Waals surface area contributed by atoms with E-state index in [1.807, 2.05) is 68.4 Å². The van der Waals surface area contributed by atoms with Crippen LogP contribution in [0.25, 0.3) is 11.1 Å². The van der Waals surface area contributed by atoms with Gasteiger partial charge >= 0.3 is 0 Å². The van der Waals surface area contributed by atoms with Gasteiger partial charge in [-0.25, -0.2) is 0 Å². The van der Waals surface area contributed by atoms with E-state index in [4.69, 9.17) is 9.47 Å². The Morgan fingerprint density at radius 2 is 1.54 bits per heavy atom. The molecule has 0 aromatic heterocycles. The summed E-state index contributed by atoms with van der Waals surface area (Å²) in [7, 11) is 3.25. The minimum atomic E-state index is -0.246. The summed E-state index contributed by atoms with van der Waals surface area (Å²) in [6, 6.07) is 19.0. The Balaban J connectivity index is 2.09. The van der Waals surface area contributed by atoms with Gasteiger partial charge in [0.25, 0.3) is 0 Å². The Bertz CT molecular complexity index is 1050. The van der Waals surface area contributed by atoms with Crippen LogP contribution in [0.15, 0.2) is 60.7 Å². The molecule has 3 heteroatoms. The molecule has 0 amide bonds. The van der Waals surface area contributed by atoms with Gasteiger partial charge in [0.05, 0.1) is 14.2 Å². The van der Waals surface area contributed by atoms with Gasteiger partial charge < -0.3 is 9.47 Å². The zero-order valence-corrected chi connectivity index (χ0v) is 16.5. The number of carbonyl (C=O) groups excluding carboxylic acids is 1. The van der Waals surface area contributed by atoms with E-state index in [1.54, 1.807) is 20.3 Å². The van der Waals surface area contributed by atoms with Crippen molar-refractivity contribution < 1.29 is 14.3 Å². The van der Waals surface area contributed by atoms with E-state index in [-0.39, 0.29) is 5.78 Å². The lowest BCUT2D eigenvalue weighted by atomic mass is 9.94. The second-order valence-electron chi connectivity index (χ2n) is 6.50. The smallest absolute Gasteiger partial charge is 0.237 e. The third kappa shape index (κ3) is 4.07. The first-order valence-corrected chi connectivity index (χ1v) is 8.98. The van der Waals surface area contributed by atoms with Crippen LogP contribution < -0.4 is 9.47 Å². The highest BCUT2D eigenvalue weighted by atomic mass is 16.5. The molecule has 0 aliphatic rings. The van der Waals surface area contributed by atoms with E-state index in [2.05, 4.69) is 11.8 Å². The minimum Gasteiger partial charge on any atom is -0.497 e. The highest BCUT2D eigenvalue weighted by Crippen LogP contribution is 2.33. The van der Waals surface area contributed by atoms with E-state index < -0.39 is 0 Å². The van der Waals surface area contributed by atoms with Crippen LogP contribution in [0.2, 0.25) is 0 Å². The van der Waals surface area contributed by atoms with Gasteiger partial charge in [0, 0.05) is 11.1 Å². The molecule has 0 saturated heterocycles. The molecule has 28 heavy (non-hydrogen) atoms. The second-order valence-corrected chi connectivity index (χ2v) is 6.50. The summed E-state index contributed by atoms with van der Waals surface area (Å²) in [4.78, 5) is 12.9. The van der Waals surface area contributed by atoms with Gasteiger partial charge in [-0.05, 0) is 84.5 Å². The predicted molar refractivity (Wildman–Crippen MR) is 112 cm³/mol. The number of rotatable bonds is 4. The van der Waals surface area contributed by atoms with E-state index in [1.165, 1.54) is 0 Å². The summed E-state index contributed by atoms with van der Waals surface area (Å²) < 4.78 is 10.8. The fraction of sp³-hybridized carbons (Fsp3) is 0.160. The van der Waals surface area contributed by atoms with Crippen LogP contribution >= 0.6 is 0 Å². The maximum atomic E-state index is 12.9. The van der Waals surface area contributed by atoms with Crippen molar-refractivity contribution in [1.29, 1.82) is 0 Å². The van der Waals surface area contributed by atoms with Gasteiger partial charge in [0.15, 0.2) is 0 Å². The highest BCUT2D eigenvalue weighted by Gasteiger charge is 2.15. The Kier molecular flexibility index (Phi) is 5.81. The fourth-order valence-electron chi connectivity index (χ4n) is 3.24. The molecular formula is C25H22O3. The van der Waals surface area contributed by atoms with Gasteiger partial charge in [-0.15, -0.1) is 0 Å². The molecule has 0 atom stereocenters. The molecule has 0 aliphatic heterocycles. The first-order valence-electron chi connectivity index (χ1n) is 8.98. The van der Waals surface area contributed by atoms with E-state index in [0.717, 1.165) is 33.6 Å². The predicted octanol–water partition coefficient (Wildman–Crippen LogP) is 5.22. The average Bonchev–Trinajstić information content (AvgIpc) is 2.72. The van der Waals surface area contributed by atoms with Crippen LogP contribution in [-0.4, -0.2) is 20.0 Å². The summed E-state index contributed by atoms with van der Waals surface area (Å²) in [5, 5.41) is 0. The minimum absolute atomic E-state index is 0.246.